The van der Waals surface area contributed by atoms with E-state index >= 15 is 0 Å². The van der Waals surface area contributed by atoms with Crippen LogP contribution in [0.15, 0.2) is 69.9 Å². The van der Waals surface area contributed by atoms with E-state index in [0.717, 1.165) is 12.1 Å². The van der Waals surface area contributed by atoms with E-state index in [2.05, 4.69) is 18.8 Å². The van der Waals surface area contributed by atoms with Gasteiger partial charge in [-0.05, 0) is 61.2 Å². The molecule has 0 saturated heterocycles. The van der Waals surface area contributed by atoms with Crippen LogP contribution >= 0.6 is 0 Å². The molecule has 0 radical (unpaired) electrons. The van der Waals surface area contributed by atoms with Gasteiger partial charge < -0.3 is 13.9 Å². The molecular formula is C29H28N2O5. The molecule has 2 aromatic carbocycles. The Balaban J connectivity index is 1.68. The highest BCUT2D eigenvalue weighted by Crippen LogP contribution is 2.42. The highest BCUT2D eigenvalue weighted by molar-refractivity contribution is 6.10. The van der Waals surface area contributed by atoms with E-state index in [1.165, 1.54) is 4.90 Å². The maximum Gasteiger partial charge on any atom is 0.296 e. The summed E-state index contributed by atoms with van der Waals surface area (Å²) in [5, 5.41) is 0.425. The number of rotatable bonds is 7. The van der Waals surface area contributed by atoms with Gasteiger partial charge in [0.2, 0.25) is 5.76 Å². The van der Waals surface area contributed by atoms with E-state index in [9.17, 15) is 9.59 Å². The van der Waals surface area contributed by atoms with Crippen LogP contribution in [0.2, 0.25) is 0 Å². The lowest BCUT2D eigenvalue weighted by Gasteiger charge is -2.25. The molecule has 0 fully saturated rings. The van der Waals surface area contributed by atoms with Crippen molar-refractivity contribution < 1.29 is 18.7 Å². The van der Waals surface area contributed by atoms with E-state index in [1.54, 1.807) is 37.4 Å². The number of aromatic nitrogens is 1. The number of para-hydroxylation sites is 1. The lowest BCUT2D eigenvalue weighted by atomic mass is 9.98. The number of ether oxygens (including phenoxy) is 2. The number of carbonyl (C=O) groups excluding carboxylic acids is 1. The SMILES string of the molecule is COc1cc([C@@H]2c3c(oc4ccccc4c3=O)C(=O)N2c2cccc(C)n2)ccc1OCCC(C)C. The fraction of sp³-hybridized carbons (Fsp3) is 0.276. The summed E-state index contributed by atoms with van der Waals surface area (Å²) in [4.78, 5) is 33.5. The van der Waals surface area contributed by atoms with E-state index in [4.69, 9.17) is 13.9 Å². The van der Waals surface area contributed by atoms with E-state index in [-0.39, 0.29) is 16.8 Å². The normalized spacial score (nSPS) is 15.0. The van der Waals surface area contributed by atoms with Gasteiger partial charge in [-0.3, -0.25) is 14.5 Å². The highest BCUT2D eigenvalue weighted by Gasteiger charge is 2.44. The predicted molar refractivity (Wildman–Crippen MR) is 138 cm³/mol. The molecule has 0 spiro atoms. The van der Waals surface area contributed by atoms with Gasteiger partial charge in [-0.2, -0.15) is 0 Å². The molecule has 1 aliphatic rings. The van der Waals surface area contributed by atoms with Crippen LogP contribution in [0.5, 0.6) is 11.5 Å². The minimum absolute atomic E-state index is 0.0308. The van der Waals surface area contributed by atoms with Gasteiger partial charge in [-0.15, -0.1) is 0 Å². The van der Waals surface area contributed by atoms with Gasteiger partial charge in [-0.1, -0.05) is 38.1 Å². The summed E-state index contributed by atoms with van der Waals surface area (Å²) in [5.74, 6) is 1.71. The number of nitrogens with zero attached hydrogens (tertiary/aromatic N) is 2. The fourth-order valence-corrected chi connectivity index (χ4v) is 4.51. The van der Waals surface area contributed by atoms with Crippen LogP contribution in [0.25, 0.3) is 11.0 Å². The molecule has 2 aromatic heterocycles. The number of hydrogen-bond donors (Lipinski definition) is 0. The maximum atomic E-state index is 13.7. The third-order valence-electron chi connectivity index (χ3n) is 6.35. The number of amides is 1. The van der Waals surface area contributed by atoms with Crippen molar-refractivity contribution in [3.05, 3.63) is 93.5 Å². The summed E-state index contributed by atoms with van der Waals surface area (Å²) in [5.41, 5.74) is 1.87. The summed E-state index contributed by atoms with van der Waals surface area (Å²) < 4.78 is 17.6. The Morgan fingerprint density at radius 1 is 1.03 bits per heavy atom. The first kappa shape index (κ1) is 23.6. The van der Waals surface area contributed by atoms with E-state index < -0.39 is 11.9 Å². The second kappa shape index (κ2) is 9.49. The van der Waals surface area contributed by atoms with Crippen molar-refractivity contribution in [2.24, 2.45) is 5.92 Å². The first-order valence-electron chi connectivity index (χ1n) is 12.0. The average Bonchev–Trinajstić information content (AvgIpc) is 3.16. The zero-order chi connectivity index (χ0) is 25.4. The number of hydrogen-bond acceptors (Lipinski definition) is 6. The number of aryl methyl sites for hydroxylation is 1. The monoisotopic (exact) mass is 484 g/mol. The summed E-state index contributed by atoms with van der Waals surface area (Å²) in [7, 11) is 1.57. The number of benzene rings is 2. The molecule has 0 bridgehead atoms. The predicted octanol–water partition coefficient (Wildman–Crippen LogP) is 5.68. The zero-order valence-corrected chi connectivity index (χ0v) is 20.8. The van der Waals surface area contributed by atoms with Crippen LogP contribution in [0.1, 0.15) is 53.7 Å². The van der Waals surface area contributed by atoms with E-state index in [1.807, 2.05) is 37.3 Å². The zero-order valence-electron chi connectivity index (χ0n) is 20.8. The molecule has 0 N–H and O–H groups in total. The van der Waals surface area contributed by atoms with Crippen molar-refractivity contribution in [2.45, 2.75) is 33.2 Å². The summed E-state index contributed by atoms with van der Waals surface area (Å²) in [6, 6.07) is 17.2. The van der Waals surface area contributed by atoms with Gasteiger partial charge in [0, 0.05) is 5.69 Å². The Labute approximate surface area is 209 Å². The summed E-state index contributed by atoms with van der Waals surface area (Å²) in [6.45, 7) is 6.70. The molecular weight excluding hydrogens is 456 g/mol. The molecule has 1 atom stereocenters. The molecule has 184 valence electrons. The Kier molecular flexibility index (Phi) is 6.22. The van der Waals surface area contributed by atoms with Gasteiger partial charge in [0.15, 0.2) is 16.9 Å². The van der Waals surface area contributed by atoms with Crippen LogP contribution in [0.4, 0.5) is 5.82 Å². The second-order valence-electron chi connectivity index (χ2n) is 9.33. The lowest BCUT2D eigenvalue weighted by Crippen LogP contribution is -2.30. The van der Waals surface area contributed by atoms with Crippen LogP contribution in [0, 0.1) is 12.8 Å². The topological polar surface area (TPSA) is 81.9 Å². The molecule has 3 heterocycles. The van der Waals surface area contributed by atoms with Gasteiger partial charge in [-0.25, -0.2) is 4.98 Å². The van der Waals surface area contributed by atoms with Crippen molar-refractivity contribution in [1.82, 2.24) is 4.98 Å². The minimum atomic E-state index is -0.735. The molecule has 7 nitrogen and oxygen atoms in total. The van der Waals surface area contributed by atoms with Crippen molar-refractivity contribution in [1.29, 1.82) is 0 Å². The van der Waals surface area contributed by atoms with Gasteiger partial charge >= 0.3 is 0 Å². The third-order valence-corrected chi connectivity index (χ3v) is 6.35. The largest absolute Gasteiger partial charge is 0.493 e. The average molecular weight is 485 g/mol. The molecule has 1 aliphatic heterocycles. The Hall–Kier alpha value is -4.13. The number of pyridine rings is 1. The van der Waals surface area contributed by atoms with Gasteiger partial charge in [0.05, 0.1) is 30.7 Å². The second-order valence-corrected chi connectivity index (χ2v) is 9.33. The lowest BCUT2D eigenvalue weighted by molar-refractivity contribution is 0.0970. The van der Waals surface area contributed by atoms with Crippen LogP contribution in [0.3, 0.4) is 0 Å². The first-order chi connectivity index (χ1) is 17.4. The molecule has 0 aliphatic carbocycles. The molecule has 0 unspecified atom stereocenters. The smallest absolute Gasteiger partial charge is 0.296 e. The number of anilines is 1. The molecule has 4 aromatic rings. The number of fused-ring (bicyclic) bond motifs is 2. The van der Waals surface area contributed by atoms with Gasteiger partial charge in [0.25, 0.3) is 5.91 Å². The van der Waals surface area contributed by atoms with Crippen molar-refractivity contribution in [3.63, 3.8) is 0 Å². The van der Waals surface area contributed by atoms with Crippen molar-refractivity contribution in [2.75, 3.05) is 18.6 Å². The molecule has 0 saturated carbocycles. The molecule has 1 amide bonds. The van der Waals surface area contributed by atoms with Gasteiger partial charge in [0.1, 0.15) is 11.4 Å². The molecule has 7 heteroatoms. The molecule has 5 rings (SSSR count). The van der Waals surface area contributed by atoms with Crippen LogP contribution in [-0.2, 0) is 0 Å². The minimum Gasteiger partial charge on any atom is -0.493 e. The summed E-state index contributed by atoms with van der Waals surface area (Å²) >= 11 is 0. The third kappa shape index (κ3) is 4.11. The highest BCUT2D eigenvalue weighted by atomic mass is 16.5. The van der Waals surface area contributed by atoms with Crippen molar-refractivity contribution in [3.8, 4) is 11.5 Å². The van der Waals surface area contributed by atoms with Crippen LogP contribution in [-0.4, -0.2) is 24.6 Å². The molecule has 36 heavy (non-hydrogen) atoms. The number of methoxy groups -OCH3 is 1. The first-order valence-corrected chi connectivity index (χ1v) is 12.0. The standard InChI is InChI=1S/C29H28N2O5/c1-17(2)14-15-35-22-13-12-19(16-23(22)34-4)26-25-27(32)20-9-5-6-10-21(20)36-28(25)29(33)31(26)24-11-7-8-18(3)30-24/h5-13,16-17,26H,14-15H2,1-4H3/t26-/m1/s1. The maximum absolute atomic E-state index is 13.7. The Bertz CT molecular complexity index is 1510. The van der Waals surface area contributed by atoms with E-state index in [0.29, 0.717) is 46.4 Å². The quantitative estimate of drug-likeness (QED) is 0.336. The Morgan fingerprint density at radius 3 is 2.58 bits per heavy atom. The fourth-order valence-electron chi connectivity index (χ4n) is 4.51. The summed E-state index contributed by atoms with van der Waals surface area (Å²) in [6.07, 6.45) is 0.913. The van der Waals surface area contributed by atoms with Crippen molar-refractivity contribution >= 4 is 22.7 Å². The number of carbonyl (C=O) groups is 1. The van der Waals surface area contributed by atoms with Crippen LogP contribution < -0.4 is 19.8 Å². The Morgan fingerprint density at radius 2 is 1.83 bits per heavy atom.